The van der Waals surface area contributed by atoms with Crippen LogP contribution >= 0.6 is 12.4 Å². The third-order valence-electron chi connectivity index (χ3n) is 4.97. The summed E-state index contributed by atoms with van der Waals surface area (Å²) in [4.78, 5) is 14.5. The fraction of sp³-hybridized carbons (Fsp3) is 0.933. The second kappa shape index (κ2) is 6.45. The minimum atomic E-state index is 0. The molecule has 0 radical (unpaired) electrons. The summed E-state index contributed by atoms with van der Waals surface area (Å²) in [5.41, 5.74) is 0.225. The number of carbonyl (C=O) groups is 1. The van der Waals surface area contributed by atoms with Crippen LogP contribution in [-0.4, -0.2) is 36.5 Å². The van der Waals surface area contributed by atoms with Crippen molar-refractivity contribution in [3.05, 3.63) is 0 Å². The Morgan fingerprint density at radius 3 is 2.68 bits per heavy atom. The summed E-state index contributed by atoms with van der Waals surface area (Å²) < 4.78 is 0. The summed E-state index contributed by atoms with van der Waals surface area (Å²) in [5, 5.41) is 3.55. The van der Waals surface area contributed by atoms with Crippen LogP contribution < -0.4 is 5.32 Å². The molecule has 0 aliphatic carbocycles. The lowest BCUT2D eigenvalue weighted by Crippen LogP contribution is -2.47. The molecule has 2 aliphatic rings. The summed E-state index contributed by atoms with van der Waals surface area (Å²) >= 11 is 0. The van der Waals surface area contributed by atoms with E-state index in [2.05, 4.69) is 37.9 Å². The van der Waals surface area contributed by atoms with E-state index in [1.165, 1.54) is 6.42 Å². The first-order chi connectivity index (χ1) is 8.38. The van der Waals surface area contributed by atoms with Crippen molar-refractivity contribution in [2.45, 2.75) is 53.0 Å². The molecule has 0 saturated carbocycles. The van der Waals surface area contributed by atoms with Crippen molar-refractivity contribution in [2.75, 3.05) is 19.6 Å². The number of likely N-dealkylation sites (tertiary alicyclic amines) is 1. The third kappa shape index (κ3) is 4.09. The van der Waals surface area contributed by atoms with E-state index in [4.69, 9.17) is 0 Å². The van der Waals surface area contributed by atoms with Crippen LogP contribution in [0.1, 0.15) is 47.0 Å². The maximum atomic E-state index is 12.3. The highest BCUT2D eigenvalue weighted by atomic mass is 35.5. The first kappa shape index (κ1) is 16.8. The van der Waals surface area contributed by atoms with E-state index < -0.39 is 0 Å². The Kier molecular flexibility index (Phi) is 5.69. The van der Waals surface area contributed by atoms with E-state index in [1.54, 1.807) is 0 Å². The van der Waals surface area contributed by atoms with Crippen molar-refractivity contribution in [1.29, 1.82) is 0 Å². The maximum Gasteiger partial charge on any atom is 0.222 e. The van der Waals surface area contributed by atoms with Gasteiger partial charge in [0, 0.05) is 25.6 Å². The van der Waals surface area contributed by atoms with Crippen LogP contribution in [0.3, 0.4) is 0 Å². The van der Waals surface area contributed by atoms with Crippen molar-refractivity contribution in [1.82, 2.24) is 10.2 Å². The van der Waals surface area contributed by atoms with E-state index in [0.29, 0.717) is 30.2 Å². The van der Waals surface area contributed by atoms with Gasteiger partial charge < -0.3 is 10.2 Å². The van der Waals surface area contributed by atoms with E-state index >= 15 is 0 Å². The zero-order chi connectivity index (χ0) is 13.3. The molecule has 1 amide bonds. The first-order valence-corrected chi connectivity index (χ1v) is 7.39. The lowest BCUT2D eigenvalue weighted by atomic mass is 9.79. The first-order valence-electron chi connectivity index (χ1n) is 7.39. The monoisotopic (exact) mass is 288 g/mol. The summed E-state index contributed by atoms with van der Waals surface area (Å²) in [6, 6.07) is 0.675. The summed E-state index contributed by atoms with van der Waals surface area (Å²) in [6.45, 7) is 11.9. The van der Waals surface area contributed by atoms with E-state index in [-0.39, 0.29) is 17.8 Å². The number of piperidine rings is 1. The number of nitrogens with one attached hydrogen (secondary N) is 1. The van der Waals surface area contributed by atoms with E-state index in [1.807, 2.05) is 0 Å². The predicted octanol–water partition coefficient (Wildman–Crippen LogP) is 2.69. The van der Waals surface area contributed by atoms with Crippen LogP contribution in [0.4, 0.5) is 0 Å². The van der Waals surface area contributed by atoms with Crippen LogP contribution in [0.15, 0.2) is 0 Å². The van der Waals surface area contributed by atoms with Crippen LogP contribution in [0, 0.1) is 17.3 Å². The Morgan fingerprint density at radius 1 is 1.37 bits per heavy atom. The number of hydrogen-bond donors (Lipinski definition) is 1. The van der Waals surface area contributed by atoms with Gasteiger partial charge in [-0.15, -0.1) is 12.4 Å². The smallest absolute Gasteiger partial charge is 0.222 e. The standard InChI is InChI=1S/C15H28N2O.ClH/c1-11(15(2,3)4)9-14(18)17-8-6-13-12(10-17)5-7-16-13;/h11-13,16H,5-10H2,1-4H3;1H. The van der Waals surface area contributed by atoms with Crippen LogP contribution in [0.25, 0.3) is 0 Å². The zero-order valence-corrected chi connectivity index (χ0v) is 13.6. The van der Waals surface area contributed by atoms with Gasteiger partial charge in [0.05, 0.1) is 0 Å². The van der Waals surface area contributed by atoms with Gasteiger partial charge >= 0.3 is 0 Å². The molecule has 0 aromatic heterocycles. The van der Waals surface area contributed by atoms with Crippen LogP contribution in [0.5, 0.6) is 0 Å². The lowest BCUT2D eigenvalue weighted by Gasteiger charge is -2.36. The molecule has 3 unspecified atom stereocenters. The SMILES string of the molecule is CC(CC(=O)N1CCC2NCCC2C1)C(C)(C)C.Cl. The van der Waals surface area contributed by atoms with Crippen LogP contribution in [0.2, 0.25) is 0 Å². The highest BCUT2D eigenvalue weighted by Gasteiger charge is 2.35. The molecular weight excluding hydrogens is 260 g/mol. The Bertz CT molecular complexity index is 314. The molecular formula is C15H29ClN2O. The normalized spacial score (nSPS) is 28.5. The van der Waals surface area contributed by atoms with Gasteiger partial charge in [-0.3, -0.25) is 4.79 Å². The van der Waals surface area contributed by atoms with Gasteiger partial charge in [0.2, 0.25) is 5.91 Å². The predicted molar refractivity (Wildman–Crippen MR) is 81.6 cm³/mol. The molecule has 0 aromatic carbocycles. The molecule has 0 bridgehead atoms. The van der Waals surface area contributed by atoms with Crippen molar-refractivity contribution in [3.8, 4) is 0 Å². The van der Waals surface area contributed by atoms with Gasteiger partial charge in [-0.25, -0.2) is 0 Å². The third-order valence-corrected chi connectivity index (χ3v) is 4.97. The average Bonchev–Trinajstić information content (AvgIpc) is 2.74. The largest absolute Gasteiger partial charge is 0.342 e. The lowest BCUT2D eigenvalue weighted by molar-refractivity contribution is -0.134. The molecule has 19 heavy (non-hydrogen) atoms. The molecule has 2 heterocycles. The zero-order valence-electron chi connectivity index (χ0n) is 12.7. The Labute approximate surface area is 123 Å². The molecule has 3 atom stereocenters. The summed E-state index contributed by atoms with van der Waals surface area (Å²) in [6.07, 6.45) is 3.08. The second-order valence-corrected chi connectivity index (χ2v) is 7.21. The number of carbonyl (C=O) groups excluding carboxylic acids is 1. The second-order valence-electron chi connectivity index (χ2n) is 7.21. The highest BCUT2D eigenvalue weighted by molar-refractivity contribution is 5.85. The number of rotatable bonds is 2. The average molecular weight is 289 g/mol. The Balaban J connectivity index is 0.00000180. The van der Waals surface area contributed by atoms with Crippen molar-refractivity contribution < 1.29 is 4.79 Å². The summed E-state index contributed by atoms with van der Waals surface area (Å²) in [5.74, 6) is 1.51. The molecule has 112 valence electrons. The molecule has 2 rings (SSSR count). The quantitative estimate of drug-likeness (QED) is 0.847. The van der Waals surface area contributed by atoms with Crippen molar-refractivity contribution in [2.24, 2.45) is 17.3 Å². The van der Waals surface area contributed by atoms with Crippen molar-refractivity contribution >= 4 is 18.3 Å². The molecule has 2 fully saturated rings. The molecule has 4 heteroatoms. The molecule has 1 N–H and O–H groups in total. The number of hydrogen-bond acceptors (Lipinski definition) is 2. The van der Waals surface area contributed by atoms with Gasteiger partial charge in [-0.1, -0.05) is 27.7 Å². The topological polar surface area (TPSA) is 32.3 Å². The molecule has 2 saturated heterocycles. The number of fused-ring (bicyclic) bond motifs is 1. The number of amides is 1. The minimum absolute atomic E-state index is 0. The Morgan fingerprint density at radius 2 is 2.05 bits per heavy atom. The fourth-order valence-corrected chi connectivity index (χ4v) is 2.97. The molecule has 3 nitrogen and oxygen atoms in total. The number of nitrogens with zero attached hydrogens (tertiary/aromatic N) is 1. The van der Waals surface area contributed by atoms with Crippen molar-refractivity contribution in [3.63, 3.8) is 0 Å². The van der Waals surface area contributed by atoms with E-state index in [9.17, 15) is 4.79 Å². The maximum absolute atomic E-state index is 12.3. The molecule has 0 aromatic rings. The fourth-order valence-electron chi connectivity index (χ4n) is 2.97. The minimum Gasteiger partial charge on any atom is -0.342 e. The van der Waals surface area contributed by atoms with Crippen LogP contribution in [-0.2, 0) is 4.79 Å². The van der Waals surface area contributed by atoms with Gasteiger partial charge in [0.25, 0.3) is 0 Å². The van der Waals surface area contributed by atoms with Gasteiger partial charge in [-0.2, -0.15) is 0 Å². The number of halogens is 1. The van der Waals surface area contributed by atoms with Gasteiger partial charge in [0.1, 0.15) is 0 Å². The highest BCUT2D eigenvalue weighted by Crippen LogP contribution is 2.30. The van der Waals surface area contributed by atoms with E-state index in [0.717, 1.165) is 26.1 Å². The molecule has 2 aliphatic heterocycles. The molecule has 0 spiro atoms. The van der Waals surface area contributed by atoms with Gasteiger partial charge in [0.15, 0.2) is 0 Å². The summed E-state index contributed by atoms with van der Waals surface area (Å²) in [7, 11) is 0. The Hall–Kier alpha value is -0.280. The van der Waals surface area contributed by atoms with Gasteiger partial charge in [-0.05, 0) is 36.6 Å².